The minimum Gasteiger partial charge on any atom is -0.310 e. The van der Waals surface area contributed by atoms with Crippen molar-refractivity contribution in [2.45, 2.75) is 43.7 Å². The van der Waals surface area contributed by atoms with Crippen molar-refractivity contribution < 1.29 is 8.42 Å². The van der Waals surface area contributed by atoms with Crippen molar-refractivity contribution in [1.82, 2.24) is 9.62 Å². The highest BCUT2D eigenvalue weighted by Gasteiger charge is 2.25. The molecule has 0 spiro atoms. The Morgan fingerprint density at radius 3 is 2.76 bits per heavy atom. The quantitative estimate of drug-likeness (QED) is 0.849. The summed E-state index contributed by atoms with van der Waals surface area (Å²) in [4.78, 5) is 0.413. The van der Waals surface area contributed by atoms with Gasteiger partial charge in [0.15, 0.2) is 0 Å². The first-order valence-corrected chi connectivity index (χ1v) is 8.99. The van der Waals surface area contributed by atoms with Gasteiger partial charge in [-0.15, -0.1) is 0 Å². The second-order valence-corrected chi connectivity index (χ2v) is 7.80. The lowest BCUT2D eigenvalue weighted by atomic mass is 10.1. The van der Waals surface area contributed by atoms with Crippen LogP contribution in [0.3, 0.4) is 0 Å². The number of sulfonamides is 1. The zero-order valence-electron chi connectivity index (χ0n) is 12.4. The van der Waals surface area contributed by atoms with Crippen molar-refractivity contribution in [3.63, 3.8) is 0 Å². The first kappa shape index (κ1) is 14.8. The lowest BCUT2D eigenvalue weighted by Crippen LogP contribution is -2.33. The van der Waals surface area contributed by atoms with Gasteiger partial charge in [-0.25, -0.2) is 8.42 Å². The second-order valence-electron chi connectivity index (χ2n) is 5.87. The van der Waals surface area contributed by atoms with Crippen molar-refractivity contribution in [2.24, 2.45) is 0 Å². The molecule has 1 aliphatic heterocycles. The number of nitrogens with one attached hydrogen (secondary N) is 1. The van der Waals surface area contributed by atoms with Crippen LogP contribution in [0.15, 0.2) is 35.2 Å². The molecule has 1 aromatic rings. The van der Waals surface area contributed by atoms with E-state index < -0.39 is 10.0 Å². The standard InChI is InChI=1S/C16H22N2O2S/c1-13-5-8-16(11-14(13)12-17-15-6-7-15)21(19,20)18-9-3-2-4-10-18/h2-3,5,8,11,15,17H,4,6-7,9-10,12H2,1H3. The molecule has 4 nitrogen and oxygen atoms in total. The summed E-state index contributed by atoms with van der Waals surface area (Å²) in [6.07, 6.45) is 7.21. The smallest absolute Gasteiger partial charge is 0.243 e. The number of hydrogen-bond acceptors (Lipinski definition) is 3. The van der Waals surface area contributed by atoms with Crippen molar-refractivity contribution >= 4 is 10.0 Å². The van der Waals surface area contributed by atoms with Gasteiger partial charge in [0.2, 0.25) is 10.0 Å². The molecule has 1 saturated carbocycles. The molecule has 0 radical (unpaired) electrons. The average molecular weight is 306 g/mol. The molecule has 21 heavy (non-hydrogen) atoms. The number of hydrogen-bond donors (Lipinski definition) is 1. The Morgan fingerprint density at radius 2 is 2.10 bits per heavy atom. The fourth-order valence-corrected chi connectivity index (χ4v) is 3.99. The Bertz CT molecular complexity index is 648. The summed E-state index contributed by atoms with van der Waals surface area (Å²) in [6.45, 7) is 3.83. The van der Waals surface area contributed by atoms with Crippen LogP contribution in [0.25, 0.3) is 0 Å². The highest BCUT2D eigenvalue weighted by Crippen LogP contribution is 2.23. The summed E-state index contributed by atoms with van der Waals surface area (Å²) in [7, 11) is -3.37. The molecule has 0 saturated heterocycles. The van der Waals surface area contributed by atoms with Gasteiger partial charge in [-0.2, -0.15) is 4.31 Å². The number of nitrogens with zero attached hydrogens (tertiary/aromatic N) is 1. The van der Waals surface area contributed by atoms with E-state index in [1.54, 1.807) is 10.4 Å². The number of rotatable bonds is 5. The molecule has 0 atom stereocenters. The summed E-state index contributed by atoms with van der Waals surface area (Å²) >= 11 is 0. The van der Waals surface area contributed by atoms with Gasteiger partial charge >= 0.3 is 0 Å². The highest BCUT2D eigenvalue weighted by atomic mass is 32.2. The molecule has 1 heterocycles. The van der Waals surface area contributed by atoms with Gasteiger partial charge in [0.05, 0.1) is 4.90 Å². The van der Waals surface area contributed by atoms with E-state index in [9.17, 15) is 8.42 Å². The summed E-state index contributed by atoms with van der Waals surface area (Å²) in [5.74, 6) is 0. The van der Waals surface area contributed by atoms with Crippen LogP contribution < -0.4 is 5.32 Å². The Kier molecular flexibility index (Phi) is 4.15. The van der Waals surface area contributed by atoms with E-state index in [1.165, 1.54) is 12.8 Å². The molecule has 1 N–H and O–H groups in total. The lowest BCUT2D eigenvalue weighted by molar-refractivity contribution is 0.437. The molecule has 1 aromatic carbocycles. The van der Waals surface area contributed by atoms with Crippen LogP contribution in [-0.2, 0) is 16.6 Å². The summed E-state index contributed by atoms with van der Waals surface area (Å²) in [5.41, 5.74) is 2.22. The molecule has 5 heteroatoms. The van der Waals surface area contributed by atoms with E-state index in [0.29, 0.717) is 24.0 Å². The minimum absolute atomic E-state index is 0.413. The Hall–Kier alpha value is -1.17. The molecule has 1 aliphatic carbocycles. The molecule has 0 unspecified atom stereocenters. The summed E-state index contributed by atoms with van der Waals surface area (Å²) in [5, 5.41) is 3.45. The maximum absolute atomic E-state index is 12.7. The van der Waals surface area contributed by atoms with Crippen LogP contribution >= 0.6 is 0 Å². The second kappa shape index (κ2) is 5.91. The SMILES string of the molecule is Cc1ccc(S(=O)(=O)N2CC=CCC2)cc1CNC1CC1. The fourth-order valence-electron chi connectivity index (χ4n) is 2.53. The maximum atomic E-state index is 12.7. The molecular weight excluding hydrogens is 284 g/mol. The fraction of sp³-hybridized carbons (Fsp3) is 0.500. The van der Waals surface area contributed by atoms with E-state index in [1.807, 2.05) is 31.2 Å². The van der Waals surface area contributed by atoms with Crippen molar-refractivity contribution in [3.05, 3.63) is 41.5 Å². The van der Waals surface area contributed by atoms with Gasteiger partial charge in [-0.05, 0) is 49.4 Å². The molecule has 1 fully saturated rings. The van der Waals surface area contributed by atoms with Gasteiger partial charge in [-0.3, -0.25) is 0 Å². The topological polar surface area (TPSA) is 49.4 Å². The van der Waals surface area contributed by atoms with Crippen molar-refractivity contribution in [2.75, 3.05) is 13.1 Å². The monoisotopic (exact) mass is 306 g/mol. The summed E-state index contributed by atoms with van der Waals surface area (Å²) < 4.78 is 26.9. The van der Waals surface area contributed by atoms with Crippen LogP contribution in [0.1, 0.15) is 30.4 Å². The van der Waals surface area contributed by atoms with Crippen LogP contribution in [0, 0.1) is 6.92 Å². The number of aryl methyl sites for hydroxylation is 1. The van der Waals surface area contributed by atoms with E-state index in [-0.39, 0.29) is 0 Å². The van der Waals surface area contributed by atoms with E-state index in [2.05, 4.69) is 5.32 Å². The van der Waals surface area contributed by atoms with Gasteiger partial charge in [0.25, 0.3) is 0 Å². The van der Waals surface area contributed by atoms with E-state index >= 15 is 0 Å². The molecule has 3 rings (SSSR count). The van der Waals surface area contributed by atoms with E-state index in [0.717, 1.165) is 24.1 Å². The van der Waals surface area contributed by atoms with Gasteiger partial charge in [-0.1, -0.05) is 18.2 Å². The largest absolute Gasteiger partial charge is 0.310 e. The highest BCUT2D eigenvalue weighted by molar-refractivity contribution is 7.89. The Morgan fingerprint density at radius 1 is 1.29 bits per heavy atom. The third kappa shape index (κ3) is 3.36. The molecule has 2 aliphatic rings. The van der Waals surface area contributed by atoms with Gasteiger partial charge in [0, 0.05) is 25.7 Å². The molecule has 0 bridgehead atoms. The predicted molar refractivity (Wildman–Crippen MR) is 83.6 cm³/mol. The minimum atomic E-state index is -3.37. The van der Waals surface area contributed by atoms with E-state index in [4.69, 9.17) is 0 Å². The van der Waals surface area contributed by atoms with Crippen LogP contribution in [-0.4, -0.2) is 31.9 Å². The summed E-state index contributed by atoms with van der Waals surface area (Å²) in [6, 6.07) is 6.09. The van der Waals surface area contributed by atoms with Crippen molar-refractivity contribution in [3.8, 4) is 0 Å². The first-order valence-electron chi connectivity index (χ1n) is 7.55. The maximum Gasteiger partial charge on any atom is 0.243 e. The first-order chi connectivity index (χ1) is 10.1. The number of benzene rings is 1. The van der Waals surface area contributed by atoms with Gasteiger partial charge in [0.1, 0.15) is 0 Å². The average Bonchev–Trinajstić information content (AvgIpc) is 3.31. The third-order valence-electron chi connectivity index (χ3n) is 4.14. The third-order valence-corrected chi connectivity index (χ3v) is 6.00. The normalized spacial score (nSPS) is 19.9. The Balaban J connectivity index is 1.83. The predicted octanol–water partition coefficient (Wildman–Crippen LogP) is 2.20. The zero-order chi connectivity index (χ0) is 14.9. The van der Waals surface area contributed by atoms with Crippen LogP contribution in [0.4, 0.5) is 0 Å². The van der Waals surface area contributed by atoms with Gasteiger partial charge < -0.3 is 5.32 Å². The van der Waals surface area contributed by atoms with Crippen LogP contribution in [0.5, 0.6) is 0 Å². The van der Waals surface area contributed by atoms with Crippen molar-refractivity contribution in [1.29, 1.82) is 0 Å². The van der Waals surface area contributed by atoms with Crippen LogP contribution in [0.2, 0.25) is 0 Å². The molecule has 0 aromatic heterocycles. The molecular formula is C16H22N2O2S. The molecule has 114 valence electrons. The lowest BCUT2D eigenvalue weighted by Gasteiger charge is -2.23. The molecule has 0 amide bonds. The Labute approximate surface area is 126 Å². The zero-order valence-corrected chi connectivity index (χ0v) is 13.2.